The lowest BCUT2D eigenvalue weighted by Gasteiger charge is -2.13. The lowest BCUT2D eigenvalue weighted by atomic mass is 10.1. The third-order valence-corrected chi connectivity index (χ3v) is 4.65. The molecule has 0 atom stereocenters. The summed E-state index contributed by atoms with van der Waals surface area (Å²) in [5, 5.41) is 8.55. The van der Waals surface area contributed by atoms with Crippen molar-refractivity contribution in [3.8, 4) is 0 Å². The van der Waals surface area contributed by atoms with E-state index in [4.69, 9.17) is 5.11 Å². The number of amides is 2. The van der Waals surface area contributed by atoms with Crippen LogP contribution in [0.1, 0.15) is 84.9 Å². The van der Waals surface area contributed by atoms with Crippen LogP contribution in [0.4, 0.5) is 0 Å². The molecular weight excluding hydrogens is 318 g/mol. The van der Waals surface area contributed by atoms with E-state index in [0.29, 0.717) is 17.7 Å². The Labute approximate surface area is 149 Å². The summed E-state index contributed by atoms with van der Waals surface area (Å²) < 4.78 is 0. The Morgan fingerprint density at radius 1 is 0.760 bits per heavy atom. The first-order chi connectivity index (χ1) is 12.1. The quantitative estimate of drug-likeness (QED) is 0.453. The number of hydrogen-bond acceptors (Lipinski definition) is 3. The molecule has 25 heavy (non-hydrogen) atoms. The molecule has 0 unspecified atom stereocenters. The number of hydrogen-bond donors (Lipinski definition) is 1. The van der Waals surface area contributed by atoms with Gasteiger partial charge in [0, 0.05) is 13.0 Å². The molecule has 1 aliphatic rings. The van der Waals surface area contributed by atoms with Gasteiger partial charge in [-0.3, -0.25) is 19.3 Å². The Morgan fingerprint density at radius 3 is 1.68 bits per heavy atom. The second-order valence-corrected chi connectivity index (χ2v) is 6.63. The number of nitrogens with zero attached hydrogens (tertiary/aromatic N) is 1. The number of unbranched alkanes of at least 4 members (excludes halogenated alkanes) is 8. The maximum Gasteiger partial charge on any atom is 0.303 e. The van der Waals surface area contributed by atoms with Gasteiger partial charge in [0.2, 0.25) is 0 Å². The van der Waals surface area contributed by atoms with Gasteiger partial charge in [-0.15, -0.1) is 0 Å². The predicted molar refractivity (Wildman–Crippen MR) is 95.6 cm³/mol. The molecule has 0 saturated carbocycles. The zero-order valence-electron chi connectivity index (χ0n) is 14.7. The first kappa shape index (κ1) is 19.2. The van der Waals surface area contributed by atoms with Crippen LogP contribution in [-0.4, -0.2) is 34.3 Å². The summed E-state index contributed by atoms with van der Waals surface area (Å²) in [4.78, 5) is 36.2. The van der Waals surface area contributed by atoms with E-state index in [1.165, 1.54) is 11.3 Å². The molecule has 0 aromatic heterocycles. The molecule has 2 rings (SSSR count). The van der Waals surface area contributed by atoms with Crippen LogP contribution in [0.25, 0.3) is 0 Å². The molecule has 0 fully saturated rings. The van der Waals surface area contributed by atoms with Crippen molar-refractivity contribution in [3.05, 3.63) is 35.4 Å². The van der Waals surface area contributed by atoms with Crippen LogP contribution in [-0.2, 0) is 4.79 Å². The first-order valence-corrected chi connectivity index (χ1v) is 9.28. The van der Waals surface area contributed by atoms with Gasteiger partial charge in [-0.1, -0.05) is 57.1 Å². The van der Waals surface area contributed by atoms with Gasteiger partial charge in [0.1, 0.15) is 0 Å². The van der Waals surface area contributed by atoms with Gasteiger partial charge in [0.25, 0.3) is 11.8 Å². The highest BCUT2D eigenvalue weighted by atomic mass is 16.4. The predicted octanol–water partition coefficient (Wildman–Crippen LogP) is 4.27. The molecule has 1 aliphatic heterocycles. The van der Waals surface area contributed by atoms with Crippen molar-refractivity contribution in [1.29, 1.82) is 0 Å². The van der Waals surface area contributed by atoms with E-state index < -0.39 is 5.97 Å². The SMILES string of the molecule is O=C(O)CCCCCCCCCCCN1C(=O)c2ccccc2C1=O. The van der Waals surface area contributed by atoms with Crippen LogP contribution in [0.5, 0.6) is 0 Å². The number of carbonyl (C=O) groups excluding carboxylic acids is 2. The van der Waals surface area contributed by atoms with Crippen LogP contribution < -0.4 is 0 Å². The lowest BCUT2D eigenvalue weighted by molar-refractivity contribution is -0.137. The van der Waals surface area contributed by atoms with E-state index in [-0.39, 0.29) is 18.2 Å². The van der Waals surface area contributed by atoms with E-state index in [9.17, 15) is 14.4 Å². The van der Waals surface area contributed by atoms with Crippen molar-refractivity contribution in [2.45, 2.75) is 64.2 Å². The van der Waals surface area contributed by atoms with Crippen LogP contribution >= 0.6 is 0 Å². The molecule has 0 spiro atoms. The van der Waals surface area contributed by atoms with E-state index in [1.807, 2.05) is 0 Å². The fourth-order valence-electron chi connectivity index (χ4n) is 3.23. The smallest absolute Gasteiger partial charge is 0.303 e. The fourth-order valence-corrected chi connectivity index (χ4v) is 3.23. The molecule has 1 aromatic rings. The van der Waals surface area contributed by atoms with Crippen molar-refractivity contribution < 1.29 is 19.5 Å². The molecule has 136 valence electrons. The maximum absolute atomic E-state index is 12.2. The number of imide groups is 1. The normalized spacial score (nSPS) is 13.4. The molecule has 0 aliphatic carbocycles. The van der Waals surface area contributed by atoms with Crippen molar-refractivity contribution in [2.75, 3.05) is 6.54 Å². The molecule has 1 aromatic carbocycles. The molecule has 1 N–H and O–H groups in total. The topological polar surface area (TPSA) is 74.7 Å². The highest BCUT2D eigenvalue weighted by Gasteiger charge is 2.34. The Bertz CT molecular complexity index is 576. The minimum atomic E-state index is -0.710. The summed E-state index contributed by atoms with van der Waals surface area (Å²) in [6.07, 6.45) is 9.59. The number of carboxylic acids is 1. The highest BCUT2D eigenvalue weighted by Crippen LogP contribution is 2.23. The zero-order valence-corrected chi connectivity index (χ0v) is 14.7. The summed E-state index contributed by atoms with van der Waals surface area (Å²) >= 11 is 0. The Morgan fingerprint density at radius 2 is 1.20 bits per heavy atom. The first-order valence-electron chi connectivity index (χ1n) is 9.28. The van der Waals surface area contributed by atoms with Gasteiger partial charge >= 0.3 is 5.97 Å². The Kier molecular flexibility index (Phi) is 7.64. The Hall–Kier alpha value is -2.17. The second-order valence-electron chi connectivity index (χ2n) is 6.63. The lowest BCUT2D eigenvalue weighted by Crippen LogP contribution is -2.30. The number of aliphatic carboxylic acids is 1. The molecule has 5 nitrogen and oxygen atoms in total. The average molecular weight is 345 g/mol. The van der Waals surface area contributed by atoms with Gasteiger partial charge in [0.15, 0.2) is 0 Å². The molecule has 0 radical (unpaired) electrons. The largest absolute Gasteiger partial charge is 0.481 e. The molecule has 5 heteroatoms. The number of fused-ring (bicyclic) bond motifs is 1. The maximum atomic E-state index is 12.2. The minimum Gasteiger partial charge on any atom is -0.481 e. The molecule has 0 saturated heterocycles. The molecule has 2 amide bonds. The standard InChI is InChI=1S/C20H27NO4/c22-18(23)14-8-6-4-2-1-3-5-7-11-15-21-19(24)16-12-9-10-13-17(16)20(21)25/h9-10,12-13H,1-8,11,14-15H2,(H,22,23). The third kappa shape index (κ3) is 5.69. The summed E-state index contributed by atoms with van der Waals surface area (Å²) in [7, 11) is 0. The summed E-state index contributed by atoms with van der Waals surface area (Å²) in [6.45, 7) is 0.502. The number of carbonyl (C=O) groups is 3. The fraction of sp³-hybridized carbons (Fsp3) is 0.550. The van der Waals surface area contributed by atoms with Gasteiger partial charge in [0.05, 0.1) is 11.1 Å². The minimum absolute atomic E-state index is 0.165. The van der Waals surface area contributed by atoms with Crippen molar-refractivity contribution >= 4 is 17.8 Å². The monoisotopic (exact) mass is 345 g/mol. The molecule has 0 bridgehead atoms. The van der Waals surface area contributed by atoms with E-state index >= 15 is 0 Å². The van der Waals surface area contributed by atoms with Crippen molar-refractivity contribution in [1.82, 2.24) is 4.90 Å². The van der Waals surface area contributed by atoms with E-state index in [1.54, 1.807) is 24.3 Å². The van der Waals surface area contributed by atoms with Gasteiger partial charge in [-0.2, -0.15) is 0 Å². The summed E-state index contributed by atoms with van der Waals surface area (Å²) in [6, 6.07) is 7.00. The molecule has 1 heterocycles. The van der Waals surface area contributed by atoms with Gasteiger partial charge < -0.3 is 5.11 Å². The van der Waals surface area contributed by atoms with Gasteiger partial charge in [-0.05, 0) is 25.0 Å². The van der Waals surface area contributed by atoms with Crippen molar-refractivity contribution in [3.63, 3.8) is 0 Å². The summed E-state index contributed by atoms with van der Waals surface area (Å²) in [5.41, 5.74) is 1.05. The van der Waals surface area contributed by atoms with Crippen molar-refractivity contribution in [2.24, 2.45) is 0 Å². The van der Waals surface area contributed by atoms with Crippen LogP contribution in [0.2, 0.25) is 0 Å². The Balaban J connectivity index is 1.51. The number of benzene rings is 1. The van der Waals surface area contributed by atoms with E-state index in [2.05, 4.69) is 0 Å². The van der Waals surface area contributed by atoms with Gasteiger partial charge in [-0.25, -0.2) is 0 Å². The molecular formula is C20H27NO4. The highest BCUT2D eigenvalue weighted by molar-refractivity contribution is 6.21. The number of carboxylic acid groups (broad SMARTS) is 1. The number of rotatable bonds is 12. The van der Waals surface area contributed by atoms with Crippen LogP contribution in [0, 0.1) is 0 Å². The van der Waals surface area contributed by atoms with E-state index in [0.717, 1.165) is 51.4 Å². The third-order valence-electron chi connectivity index (χ3n) is 4.65. The second kappa shape index (κ2) is 9.97. The average Bonchev–Trinajstić information content (AvgIpc) is 2.84. The zero-order chi connectivity index (χ0) is 18.1. The van der Waals surface area contributed by atoms with Crippen LogP contribution in [0.15, 0.2) is 24.3 Å². The summed E-state index contributed by atoms with van der Waals surface area (Å²) in [5.74, 6) is -1.04. The van der Waals surface area contributed by atoms with Crippen LogP contribution in [0.3, 0.4) is 0 Å².